The van der Waals surface area contributed by atoms with Crippen LogP contribution in [0.25, 0.3) is 11.1 Å². The first-order valence-corrected chi connectivity index (χ1v) is 6.37. The number of hydrogen-bond acceptors (Lipinski definition) is 5. The van der Waals surface area contributed by atoms with Gasteiger partial charge < -0.3 is 19.8 Å². The molecule has 1 atom stereocenters. The molecule has 1 fully saturated rings. The summed E-state index contributed by atoms with van der Waals surface area (Å²) in [6.07, 6.45) is 0. The van der Waals surface area contributed by atoms with Crippen LogP contribution in [-0.4, -0.2) is 36.3 Å². The molecule has 1 amide bonds. The van der Waals surface area contributed by atoms with Gasteiger partial charge in [-0.25, -0.2) is 4.79 Å². The molecule has 7 nitrogen and oxygen atoms in total. The van der Waals surface area contributed by atoms with Gasteiger partial charge in [0.2, 0.25) is 5.91 Å². The second kappa shape index (κ2) is 5.10. The fourth-order valence-corrected chi connectivity index (χ4v) is 2.17. The van der Waals surface area contributed by atoms with E-state index in [1.165, 1.54) is 4.57 Å². The molecular formula is C13H15N3O4. The minimum Gasteiger partial charge on any atom is -0.408 e. The predicted molar refractivity (Wildman–Crippen MR) is 72.7 cm³/mol. The van der Waals surface area contributed by atoms with Crippen molar-refractivity contribution in [3.8, 4) is 0 Å². The summed E-state index contributed by atoms with van der Waals surface area (Å²) in [4.78, 5) is 23.4. The number of fused-ring (bicyclic) bond motifs is 1. The van der Waals surface area contributed by atoms with Crippen molar-refractivity contribution in [1.29, 1.82) is 0 Å². The lowest BCUT2D eigenvalue weighted by Crippen LogP contribution is -2.48. The second-order valence-corrected chi connectivity index (χ2v) is 4.68. The molecule has 0 radical (unpaired) electrons. The van der Waals surface area contributed by atoms with E-state index in [9.17, 15) is 9.59 Å². The van der Waals surface area contributed by atoms with E-state index >= 15 is 0 Å². The van der Waals surface area contributed by atoms with Gasteiger partial charge >= 0.3 is 5.76 Å². The van der Waals surface area contributed by atoms with E-state index in [0.29, 0.717) is 36.5 Å². The summed E-state index contributed by atoms with van der Waals surface area (Å²) in [5.74, 6) is -0.590. The third kappa shape index (κ3) is 2.33. The number of nitrogens with one attached hydrogen (secondary N) is 2. The fraction of sp³-hybridized carbons (Fsp3) is 0.385. The maximum Gasteiger partial charge on any atom is 0.419 e. The minimum absolute atomic E-state index is 0.165. The number of nitrogens with zero attached hydrogens (tertiary/aromatic N) is 1. The fourth-order valence-electron chi connectivity index (χ4n) is 2.17. The standard InChI is InChI=1S/C13H15N3O4/c1-16-10-3-2-8(6-11(10)20-13(16)18)15-12(17)9-7-19-5-4-14-9/h2-3,6,9,14H,4-5,7H2,1H3,(H,15,17). The number of benzene rings is 1. The molecule has 0 spiro atoms. The minimum atomic E-state index is -0.425. The number of carbonyl (C=O) groups is 1. The number of amides is 1. The molecule has 1 aliphatic rings. The summed E-state index contributed by atoms with van der Waals surface area (Å²) < 4.78 is 11.7. The van der Waals surface area contributed by atoms with E-state index < -0.39 is 5.76 Å². The van der Waals surface area contributed by atoms with Gasteiger partial charge in [-0.15, -0.1) is 0 Å². The number of anilines is 1. The van der Waals surface area contributed by atoms with Crippen molar-refractivity contribution >= 4 is 22.7 Å². The summed E-state index contributed by atoms with van der Waals surface area (Å²) in [5, 5.41) is 5.85. The Bertz CT molecular complexity index is 697. The maximum atomic E-state index is 12.0. The first-order chi connectivity index (χ1) is 9.65. The highest BCUT2D eigenvalue weighted by Crippen LogP contribution is 2.18. The lowest BCUT2D eigenvalue weighted by molar-refractivity contribution is -0.120. The van der Waals surface area contributed by atoms with Gasteiger partial charge in [0.1, 0.15) is 6.04 Å². The van der Waals surface area contributed by atoms with Crippen molar-refractivity contribution in [1.82, 2.24) is 9.88 Å². The Morgan fingerprint density at radius 3 is 3.10 bits per heavy atom. The third-order valence-corrected chi connectivity index (χ3v) is 3.30. The maximum absolute atomic E-state index is 12.0. The molecule has 1 aromatic heterocycles. The van der Waals surface area contributed by atoms with Crippen molar-refractivity contribution in [2.45, 2.75) is 6.04 Å². The van der Waals surface area contributed by atoms with Crippen LogP contribution in [0.3, 0.4) is 0 Å². The molecule has 0 saturated carbocycles. The number of ether oxygens (including phenoxy) is 1. The van der Waals surface area contributed by atoms with Crippen LogP contribution in [0, 0.1) is 0 Å². The largest absolute Gasteiger partial charge is 0.419 e. The van der Waals surface area contributed by atoms with Crippen molar-refractivity contribution < 1.29 is 13.9 Å². The van der Waals surface area contributed by atoms with Crippen LogP contribution in [-0.2, 0) is 16.6 Å². The second-order valence-electron chi connectivity index (χ2n) is 4.68. The van der Waals surface area contributed by atoms with Gasteiger partial charge in [0.25, 0.3) is 0 Å². The molecule has 2 aromatic rings. The summed E-state index contributed by atoms with van der Waals surface area (Å²) >= 11 is 0. The molecule has 7 heteroatoms. The predicted octanol–water partition coefficient (Wildman–Crippen LogP) is 0.0584. The van der Waals surface area contributed by atoms with Gasteiger partial charge in [0.15, 0.2) is 5.58 Å². The van der Waals surface area contributed by atoms with E-state index in [2.05, 4.69) is 10.6 Å². The number of aromatic nitrogens is 1. The zero-order valence-corrected chi connectivity index (χ0v) is 11.0. The topological polar surface area (TPSA) is 85.5 Å². The van der Waals surface area contributed by atoms with Gasteiger partial charge in [-0.1, -0.05) is 0 Å². The van der Waals surface area contributed by atoms with Crippen molar-refractivity contribution in [2.75, 3.05) is 25.1 Å². The van der Waals surface area contributed by atoms with E-state index in [-0.39, 0.29) is 11.9 Å². The van der Waals surface area contributed by atoms with Crippen LogP contribution >= 0.6 is 0 Å². The van der Waals surface area contributed by atoms with Gasteiger partial charge in [0, 0.05) is 25.3 Å². The molecule has 106 valence electrons. The normalized spacial score (nSPS) is 19.1. The van der Waals surface area contributed by atoms with Crippen molar-refractivity contribution in [3.05, 3.63) is 28.7 Å². The molecule has 20 heavy (non-hydrogen) atoms. The van der Waals surface area contributed by atoms with E-state index in [4.69, 9.17) is 9.15 Å². The van der Waals surface area contributed by atoms with Crippen molar-refractivity contribution in [2.24, 2.45) is 7.05 Å². The highest BCUT2D eigenvalue weighted by molar-refractivity contribution is 5.96. The Balaban J connectivity index is 1.80. The van der Waals surface area contributed by atoms with Gasteiger partial charge in [0.05, 0.1) is 18.7 Å². The summed E-state index contributed by atoms with van der Waals surface area (Å²) in [5.41, 5.74) is 1.72. The highest BCUT2D eigenvalue weighted by Gasteiger charge is 2.21. The van der Waals surface area contributed by atoms with Crippen LogP contribution in [0.5, 0.6) is 0 Å². The molecule has 0 bridgehead atoms. The van der Waals surface area contributed by atoms with Crippen LogP contribution in [0.4, 0.5) is 5.69 Å². The smallest absolute Gasteiger partial charge is 0.408 e. The molecule has 1 unspecified atom stereocenters. The Kier molecular flexibility index (Phi) is 3.29. The van der Waals surface area contributed by atoms with E-state index in [1.807, 2.05) is 0 Å². The number of hydrogen-bond donors (Lipinski definition) is 2. The first kappa shape index (κ1) is 12.9. The Labute approximate surface area is 114 Å². The van der Waals surface area contributed by atoms with Gasteiger partial charge in [-0.05, 0) is 12.1 Å². The molecule has 1 saturated heterocycles. The Morgan fingerprint density at radius 2 is 2.35 bits per heavy atom. The van der Waals surface area contributed by atoms with E-state index in [0.717, 1.165) is 0 Å². The first-order valence-electron chi connectivity index (χ1n) is 6.37. The molecule has 1 aliphatic heterocycles. The lowest BCUT2D eigenvalue weighted by Gasteiger charge is -2.22. The lowest BCUT2D eigenvalue weighted by atomic mass is 10.2. The van der Waals surface area contributed by atoms with Crippen molar-refractivity contribution in [3.63, 3.8) is 0 Å². The number of carbonyl (C=O) groups excluding carboxylic acids is 1. The monoisotopic (exact) mass is 277 g/mol. The number of oxazole rings is 1. The van der Waals surface area contributed by atoms with Crippen LogP contribution in [0.15, 0.2) is 27.4 Å². The summed E-state index contributed by atoms with van der Waals surface area (Å²) in [6.45, 7) is 1.63. The van der Waals surface area contributed by atoms with Gasteiger partial charge in [-0.2, -0.15) is 0 Å². The third-order valence-electron chi connectivity index (χ3n) is 3.30. The summed E-state index contributed by atoms with van der Waals surface area (Å²) in [7, 11) is 1.63. The molecule has 2 N–H and O–H groups in total. The number of aryl methyl sites for hydroxylation is 1. The van der Waals surface area contributed by atoms with Crippen LogP contribution < -0.4 is 16.4 Å². The molecule has 3 rings (SSSR count). The summed E-state index contributed by atoms with van der Waals surface area (Å²) in [6, 6.07) is 4.75. The van der Waals surface area contributed by atoms with E-state index in [1.54, 1.807) is 25.2 Å². The van der Waals surface area contributed by atoms with Crippen LogP contribution in [0.2, 0.25) is 0 Å². The number of rotatable bonds is 2. The Hall–Kier alpha value is -2.12. The zero-order valence-electron chi connectivity index (χ0n) is 11.0. The molecule has 2 heterocycles. The average molecular weight is 277 g/mol. The zero-order chi connectivity index (χ0) is 14.1. The SMILES string of the molecule is Cn1c(=O)oc2cc(NC(=O)C3COCCN3)ccc21. The number of morpholine rings is 1. The molecular weight excluding hydrogens is 262 g/mol. The Morgan fingerprint density at radius 1 is 1.50 bits per heavy atom. The quantitative estimate of drug-likeness (QED) is 0.810. The van der Waals surface area contributed by atoms with Crippen LogP contribution in [0.1, 0.15) is 0 Å². The molecule has 1 aromatic carbocycles. The van der Waals surface area contributed by atoms with Gasteiger partial charge in [-0.3, -0.25) is 9.36 Å². The molecule has 0 aliphatic carbocycles. The highest BCUT2D eigenvalue weighted by atomic mass is 16.5. The average Bonchev–Trinajstić information content (AvgIpc) is 2.74.